The molecular formula is C16H25NO2. The summed E-state index contributed by atoms with van der Waals surface area (Å²) in [5.41, 5.74) is 1.13. The normalized spacial score (nSPS) is 17.4. The fraction of sp³-hybridized carbons (Fsp3) is 0.625. The zero-order valence-corrected chi connectivity index (χ0v) is 12.1. The molecular weight excluding hydrogens is 238 g/mol. The largest absolute Gasteiger partial charge is 0.493 e. The summed E-state index contributed by atoms with van der Waals surface area (Å²) < 4.78 is 10.6. The van der Waals surface area contributed by atoms with Gasteiger partial charge in [0.2, 0.25) is 0 Å². The van der Waals surface area contributed by atoms with Gasteiger partial charge in [-0.15, -0.1) is 0 Å². The van der Waals surface area contributed by atoms with Crippen LogP contribution in [0, 0.1) is 0 Å². The van der Waals surface area contributed by atoms with Gasteiger partial charge in [0.25, 0.3) is 0 Å². The Balaban J connectivity index is 2.00. The molecule has 0 unspecified atom stereocenters. The van der Waals surface area contributed by atoms with Gasteiger partial charge >= 0.3 is 0 Å². The maximum atomic E-state index is 5.35. The number of methoxy groups -OCH3 is 2. The molecule has 0 aliphatic heterocycles. The first-order valence-corrected chi connectivity index (χ1v) is 7.32. The molecule has 0 aromatic heterocycles. The fourth-order valence-corrected chi connectivity index (χ4v) is 2.76. The van der Waals surface area contributed by atoms with E-state index in [-0.39, 0.29) is 0 Å². The van der Waals surface area contributed by atoms with Crippen LogP contribution in [-0.2, 0) is 0 Å². The Bertz CT molecular complexity index is 384. The van der Waals surface area contributed by atoms with Gasteiger partial charge in [0.05, 0.1) is 14.2 Å². The highest BCUT2D eigenvalue weighted by Gasteiger charge is 2.12. The van der Waals surface area contributed by atoms with Crippen molar-refractivity contribution in [2.24, 2.45) is 0 Å². The van der Waals surface area contributed by atoms with Gasteiger partial charge in [-0.05, 0) is 25.0 Å². The van der Waals surface area contributed by atoms with Crippen LogP contribution in [0.2, 0.25) is 0 Å². The number of nitrogens with one attached hydrogen (secondary N) is 1. The van der Waals surface area contributed by atoms with Gasteiger partial charge in [0.1, 0.15) is 0 Å². The molecule has 19 heavy (non-hydrogen) atoms. The molecule has 2 rings (SSSR count). The molecule has 0 bridgehead atoms. The van der Waals surface area contributed by atoms with Crippen LogP contribution in [0.15, 0.2) is 18.2 Å². The van der Waals surface area contributed by atoms with Crippen LogP contribution in [-0.4, -0.2) is 20.3 Å². The standard InChI is InChI=1S/C16H25NO2/c1-18-15-11-10-14(12-16(15)19-2)17-13-8-6-4-3-5-7-9-13/h10-13,17H,3-9H2,1-2H3. The average molecular weight is 263 g/mol. The van der Waals surface area contributed by atoms with E-state index >= 15 is 0 Å². The molecule has 1 aliphatic carbocycles. The molecule has 106 valence electrons. The topological polar surface area (TPSA) is 30.5 Å². The summed E-state index contributed by atoms with van der Waals surface area (Å²) in [7, 11) is 3.34. The van der Waals surface area contributed by atoms with Crippen LogP contribution in [0.1, 0.15) is 44.9 Å². The van der Waals surface area contributed by atoms with E-state index < -0.39 is 0 Å². The highest BCUT2D eigenvalue weighted by molar-refractivity contribution is 5.55. The Morgan fingerprint density at radius 1 is 0.895 bits per heavy atom. The van der Waals surface area contributed by atoms with Crippen molar-refractivity contribution in [3.8, 4) is 11.5 Å². The molecule has 1 fully saturated rings. The second-order valence-electron chi connectivity index (χ2n) is 5.26. The number of rotatable bonds is 4. The number of hydrogen-bond donors (Lipinski definition) is 1. The zero-order chi connectivity index (χ0) is 13.5. The zero-order valence-electron chi connectivity index (χ0n) is 12.1. The van der Waals surface area contributed by atoms with E-state index in [2.05, 4.69) is 11.4 Å². The van der Waals surface area contributed by atoms with Crippen molar-refractivity contribution in [2.75, 3.05) is 19.5 Å². The van der Waals surface area contributed by atoms with Crippen molar-refractivity contribution in [2.45, 2.75) is 51.0 Å². The minimum atomic E-state index is 0.596. The fourth-order valence-electron chi connectivity index (χ4n) is 2.76. The molecule has 0 atom stereocenters. The molecule has 1 aromatic carbocycles. The summed E-state index contributed by atoms with van der Waals surface area (Å²) in [5.74, 6) is 1.57. The third-order valence-electron chi connectivity index (χ3n) is 3.86. The van der Waals surface area contributed by atoms with Crippen LogP contribution in [0.25, 0.3) is 0 Å². The Morgan fingerprint density at radius 2 is 1.53 bits per heavy atom. The van der Waals surface area contributed by atoms with Crippen molar-refractivity contribution in [1.29, 1.82) is 0 Å². The number of ether oxygens (including phenoxy) is 2. The molecule has 1 saturated carbocycles. The molecule has 1 aromatic rings. The van der Waals surface area contributed by atoms with Crippen molar-refractivity contribution >= 4 is 5.69 Å². The summed E-state index contributed by atoms with van der Waals surface area (Å²) in [4.78, 5) is 0. The number of hydrogen-bond acceptors (Lipinski definition) is 3. The third-order valence-corrected chi connectivity index (χ3v) is 3.86. The van der Waals surface area contributed by atoms with Crippen molar-refractivity contribution < 1.29 is 9.47 Å². The molecule has 0 saturated heterocycles. The van der Waals surface area contributed by atoms with Gasteiger partial charge in [-0.25, -0.2) is 0 Å². The van der Waals surface area contributed by atoms with Crippen LogP contribution in [0.5, 0.6) is 11.5 Å². The highest BCUT2D eigenvalue weighted by atomic mass is 16.5. The Labute approximate surface area is 116 Å². The van der Waals surface area contributed by atoms with E-state index in [4.69, 9.17) is 9.47 Å². The molecule has 0 radical (unpaired) electrons. The molecule has 1 N–H and O–H groups in total. The summed E-state index contributed by atoms with van der Waals surface area (Å²) in [6.07, 6.45) is 9.38. The lowest BCUT2D eigenvalue weighted by atomic mass is 9.96. The molecule has 1 aliphatic rings. The predicted molar refractivity (Wildman–Crippen MR) is 79.3 cm³/mol. The summed E-state index contributed by atoms with van der Waals surface area (Å²) in [6, 6.07) is 6.65. The van der Waals surface area contributed by atoms with Crippen LogP contribution >= 0.6 is 0 Å². The first-order valence-electron chi connectivity index (χ1n) is 7.32. The van der Waals surface area contributed by atoms with Crippen LogP contribution < -0.4 is 14.8 Å². The van der Waals surface area contributed by atoms with Crippen molar-refractivity contribution in [1.82, 2.24) is 0 Å². The van der Waals surface area contributed by atoms with Crippen molar-refractivity contribution in [3.63, 3.8) is 0 Å². The van der Waals surface area contributed by atoms with Gasteiger partial charge in [-0.3, -0.25) is 0 Å². The molecule has 0 spiro atoms. The molecule has 0 amide bonds. The van der Waals surface area contributed by atoms with Crippen molar-refractivity contribution in [3.05, 3.63) is 18.2 Å². The molecule has 3 nitrogen and oxygen atoms in total. The van der Waals surface area contributed by atoms with E-state index in [9.17, 15) is 0 Å². The predicted octanol–water partition coefficient (Wildman–Crippen LogP) is 4.23. The van der Waals surface area contributed by atoms with E-state index in [0.29, 0.717) is 6.04 Å². The third kappa shape index (κ3) is 4.05. The maximum absolute atomic E-state index is 5.35. The smallest absolute Gasteiger partial charge is 0.162 e. The van der Waals surface area contributed by atoms with E-state index in [1.807, 2.05) is 12.1 Å². The summed E-state index contributed by atoms with van der Waals surface area (Å²) in [5, 5.41) is 3.64. The second-order valence-corrected chi connectivity index (χ2v) is 5.26. The number of anilines is 1. The lowest BCUT2D eigenvalue weighted by molar-refractivity contribution is 0.355. The van der Waals surface area contributed by atoms with Gasteiger partial charge in [-0.2, -0.15) is 0 Å². The van der Waals surface area contributed by atoms with E-state index in [1.54, 1.807) is 14.2 Å². The highest BCUT2D eigenvalue weighted by Crippen LogP contribution is 2.31. The Kier molecular flexibility index (Phi) is 5.37. The average Bonchev–Trinajstić information content (AvgIpc) is 2.41. The lowest BCUT2D eigenvalue weighted by Gasteiger charge is -2.22. The maximum Gasteiger partial charge on any atom is 0.162 e. The quantitative estimate of drug-likeness (QED) is 0.882. The Morgan fingerprint density at radius 3 is 2.16 bits per heavy atom. The first-order chi connectivity index (χ1) is 9.33. The molecule has 3 heteroatoms. The lowest BCUT2D eigenvalue weighted by Crippen LogP contribution is -2.20. The first kappa shape index (κ1) is 14.0. The summed E-state index contributed by atoms with van der Waals surface area (Å²) in [6.45, 7) is 0. The van der Waals surface area contributed by atoms with Gasteiger partial charge in [-0.1, -0.05) is 32.1 Å². The van der Waals surface area contributed by atoms with Crippen LogP contribution in [0.3, 0.4) is 0 Å². The molecule has 0 heterocycles. The Hall–Kier alpha value is -1.38. The van der Waals surface area contributed by atoms with Gasteiger partial charge in [0.15, 0.2) is 11.5 Å². The number of benzene rings is 1. The minimum Gasteiger partial charge on any atom is -0.493 e. The second kappa shape index (κ2) is 7.27. The van der Waals surface area contributed by atoms with Gasteiger partial charge < -0.3 is 14.8 Å². The van der Waals surface area contributed by atoms with Crippen LogP contribution in [0.4, 0.5) is 5.69 Å². The summed E-state index contributed by atoms with van der Waals surface area (Å²) >= 11 is 0. The minimum absolute atomic E-state index is 0.596. The van der Waals surface area contributed by atoms with Gasteiger partial charge in [0, 0.05) is 17.8 Å². The monoisotopic (exact) mass is 263 g/mol. The van der Waals surface area contributed by atoms with E-state index in [0.717, 1.165) is 17.2 Å². The van der Waals surface area contributed by atoms with E-state index in [1.165, 1.54) is 44.9 Å². The SMILES string of the molecule is COc1ccc(NC2CCCCCCC2)cc1OC.